The summed E-state index contributed by atoms with van der Waals surface area (Å²) in [4.78, 5) is 12.4. The molecule has 0 unspecified atom stereocenters. The molecule has 0 aliphatic heterocycles. The summed E-state index contributed by atoms with van der Waals surface area (Å²) in [6.45, 7) is 6.14. The Morgan fingerprint density at radius 1 is 1.23 bits per heavy atom. The number of benzene rings is 2. The highest BCUT2D eigenvalue weighted by Crippen LogP contribution is 2.28. The van der Waals surface area contributed by atoms with E-state index in [-0.39, 0.29) is 5.57 Å². The van der Waals surface area contributed by atoms with Crippen molar-refractivity contribution in [2.75, 3.05) is 10.6 Å². The average molecular weight is 388 g/mol. The topological polar surface area (TPSA) is 64.9 Å². The zero-order chi connectivity index (χ0) is 19.3. The summed E-state index contributed by atoms with van der Waals surface area (Å²) in [5.41, 5.74) is 3.31. The van der Waals surface area contributed by atoms with E-state index in [1.54, 1.807) is 12.1 Å². The number of nitriles is 1. The first-order valence-corrected chi connectivity index (χ1v) is 8.81. The third-order valence-corrected chi connectivity index (χ3v) is 4.39. The van der Waals surface area contributed by atoms with E-state index >= 15 is 0 Å². The van der Waals surface area contributed by atoms with Gasteiger partial charge in [0.1, 0.15) is 11.6 Å². The molecule has 0 bridgehead atoms. The largest absolute Gasteiger partial charge is 0.360 e. The van der Waals surface area contributed by atoms with Gasteiger partial charge in [-0.1, -0.05) is 55.2 Å². The minimum absolute atomic E-state index is 0.0704. The number of carbonyl (C=O) groups is 1. The Kier molecular flexibility index (Phi) is 6.68. The number of para-hydroxylation sites is 1. The fourth-order valence-electron chi connectivity index (χ4n) is 2.44. The quantitative estimate of drug-likeness (QED) is 0.496. The van der Waals surface area contributed by atoms with Crippen molar-refractivity contribution in [2.45, 2.75) is 26.7 Å². The highest BCUT2D eigenvalue weighted by Gasteiger charge is 2.13. The number of nitrogens with one attached hydrogen (secondary N) is 2. The van der Waals surface area contributed by atoms with E-state index < -0.39 is 5.91 Å². The molecule has 1 amide bonds. The lowest BCUT2D eigenvalue weighted by Crippen LogP contribution is -2.15. The molecular weight excluding hydrogens is 369 g/mol. The average Bonchev–Trinajstić information content (AvgIpc) is 2.59. The Labute approximate surface area is 163 Å². The van der Waals surface area contributed by atoms with Crippen LogP contribution in [0.4, 0.5) is 11.4 Å². The van der Waals surface area contributed by atoms with Crippen LogP contribution in [0, 0.1) is 18.3 Å². The standard InChI is InChI=1S/C20H19Cl2N3O/c1-12(2)16-6-4-5-13(3)19(16)24-11-14(10-23)20(26)25-18-9-15(21)7-8-17(18)22/h4-9,11-12,24H,1-3H3,(H,25,26)/b14-11-. The third kappa shape index (κ3) is 4.78. The lowest BCUT2D eigenvalue weighted by Gasteiger charge is -2.15. The third-order valence-electron chi connectivity index (χ3n) is 3.83. The van der Waals surface area contributed by atoms with Crippen molar-refractivity contribution in [1.29, 1.82) is 5.26 Å². The number of nitrogens with zero attached hydrogens (tertiary/aromatic N) is 1. The molecular formula is C20H19Cl2N3O. The van der Waals surface area contributed by atoms with Gasteiger partial charge in [0.25, 0.3) is 5.91 Å². The highest BCUT2D eigenvalue weighted by molar-refractivity contribution is 6.36. The summed E-state index contributed by atoms with van der Waals surface area (Å²) in [6, 6.07) is 12.6. The summed E-state index contributed by atoms with van der Waals surface area (Å²) >= 11 is 12.0. The van der Waals surface area contributed by atoms with Crippen molar-refractivity contribution in [1.82, 2.24) is 0 Å². The molecule has 0 aliphatic carbocycles. The van der Waals surface area contributed by atoms with Crippen molar-refractivity contribution >= 4 is 40.5 Å². The molecule has 2 N–H and O–H groups in total. The Morgan fingerprint density at radius 2 is 1.96 bits per heavy atom. The fourth-order valence-corrected chi connectivity index (χ4v) is 2.78. The van der Waals surface area contributed by atoms with E-state index in [0.29, 0.717) is 21.7 Å². The van der Waals surface area contributed by atoms with Gasteiger partial charge in [-0.2, -0.15) is 5.26 Å². The van der Waals surface area contributed by atoms with Gasteiger partial charge in [-0.25, -0.2) is 0 Å². The molecule has 0 saturated carbocycles. The van der Waals surface area contributed by atoms with Crippen LogP contribution in [-0.4, -0.2) is 5.91 Å². The predicted molar refractivity (Wildman–Crippen MR) is 108 cm³/mol. The van der Waals surface area contributed by atoms with Crippen LogP contribution in [0.1, 0.15) is 30.9 Å². The van der Waals surface area contributed by atoms with Crippen LogP contribution in [0.2, 0.25) is 10.0 Å². The summed E-state index contributed by atoms with van der Waals surface area (Å²) in [6.07, 6.45) is 1.40. The van der Waals surface area contributed by atoms with Gasteiger partial charge in [0.2, 0.25) is 0 Å². The molecule has 2 rings (SSSR count). The summed E-state index contributed by atoms with van der Waals surface area (Å²) < 4.78 is 0. The normalized spacial score (nSPS) is 11.2. The first-order valence-electron chi connectivity index (χ1n) is 8.06. The van der Waals surface area contributed by atoms with Crippen molar-refractivity contribution in [3.8, 4) is 6.07 Å². The number of carbonyl (C=O) groups excluding carboxylic acids is 1. The van der Waals surface area contributed by atoms with Crippen LogP contribution < -0.4 is 10.6 Å². The molecule has 0 aliphatic rings. The van der Waals surface area contributed by atoms with E-state index in [2.05, 4.69) is 24.5 Å². The van der Waals surface area contributed by atoms with Crippen molar-refractivity contribution in [3.63, 3.8) is 0 Å². The fraction of sp³-hybridized carbons (Fsp3) is 0.200. The van der Waals surface area contributed by atoms with E-state index in [1.807, 2.05) is 31.2 Å². The van der Waals surface area contributed by atoms with E-state index in [1.165, 1.54) is 12.3 Å². The van der Waals surface area contributed by atoms with Gasteiger partial charge in [-0.3, -0.25) is 4.79 Å². The number of amides is 1. The minimum Gasteiger partial charge on any atom is -0.360 e. The summed E-state index contributed by atoms with van der Waals surface area (Å²) in [7, 11) is 0. The van der Waals surface area contributed by atoms with Gasteiger partial charge in [0, 0.05) is 16.9 Å². The van der Waals surface area contributed by atoms with Crippen LogP contribution in [0.25, 0.3) is 0 Å². The van der Waals surface area contributed by atoms with Crippen molar-refractivity contribution in [2.24, 2.45) is 0 Å². The minimum atomic E-state index is -0.566. The number of hydrogen-bond acceptors (Lipinski definition) is 3. The zero-order valence-corrected chi connectivity index (χ0v) is 16.2. The lowest BCUT2D eigenvalue weighted by atomic mass is 9.98. The molecule has 0 heterocycles. The Balaban J connectivity index is 2.25. The molecule has 0 aromatic heterocycles. The molecule has 0 saturated heterocycles. The maximum absolute atomic E-state index is 12.4. The van der Waals surface area contributed by atoms with Gasteiger partial charge in [-0.15, -0.1) is 0 Å². The summed E-state index contributed by atoms with van der Waals surface area (Å²) in [5.74, 6) is -0.265. The van der Waals surface area contributed by atoms with Crippen LogP contribution >= 0.6 is 23.2 Å². The number of aryl methyl sites for hydroxylation is 1. The molecule has 0 fully saturated rings. The van der Waals surface area contributed by atoms with Crippen LogP contribution in [0.3, 0.4) is 0 Å². The van der Waals surface area contributed by atoms with Crippen LogP contribution in [0.15, 0.2) is 48.2 Å². The Morgan fingerprint density at radius 3 is 2.62 bits per heavy atom. The Hall–Kier alpha value is -2.48. The summed E-state index contributed by atoms with van der Waals surface area (Å²) in [5, 5.41) is 15.8. The molecule has 0 radical (unpaired) electrons. The van der Waals surface area contributed by atoms with Crippen molar-refractivity contribution < 1.29 is 4.79 Å². The maximum atomic E-state index is 12.4. The maximum Gasteiger partial charge on any atom is 0.267 e. The number of hydrogen-bond donors (Lipinski definition) is 2. The molecule has 134 valence electrons. The van der Waals surface area contributed by atoms with E-state index in [9.17, 15) is 10.1 Å². The molecule has 2 aromatic rings. The number of rotatable bonds is 5. The molecule has 2 aromatic carbocycles. The molecule has 6 heteroatoms. The highest BCUT2D eigenvalue weighted by atomic mass is 35.5. The smallest absolute Gasteiger partial charge is 0.267 e. The predicted octanol–water partition coefficient (Wildman–Crippen LogP) is 5.88. The van der Waals surface area contributed by atoms with Gasteiger partial charge in [-0.05, 0) is 42.2 Å². The zero-order valence-electron chi connectivity index (χ0n) is 14.7. The SMILES string of the molecule is Cc1cccc(C(C)C)c1N/C=C(/C#N)C(=O)Nc1cc(Cl)ccc1Cl. The number of anilines is 2. The van der Waals surface area contributed by atoms with Crippen molar-refractivity contribution in [3.05, 3.63) is 69.3 Å². The number of halogens is 2. The second kappa shape index (κ2) is 8.75. The molecule has 4 nitrogen and oxygen atoms in total. The first kappa shape index (κ1) is 19.8. The lowest BCUT2D eigenvalue weighted by molar-refractivity contribution is -0.112. The second-order valence-corrected chi connectivity index (χ2v) is 6.93. The Bertz CT molecular complexity index is 898. The van der Waals surface area contributed by atoms with Gasteiger partial charge in [0.15, 0.2) is 0 Å². The van der Waals surface area contributed by atoms with Crippen LogP contribution in [-0.2, 0) is 4.79 Å². The van der Waals surface area contributed by atoms with E-state index in [0.717, 1.165) is 16.8 Å². The van der Waals surface area contributed by atoms with Crippen LogP contribution in [0.5, 0.6) is 0 Å². The van der Waals surface area contributed by atoms with Gasteiger partial charge in [0.05, 0.1) is 10.7 Å². The molecule has 0 atom stereocenters. The van der Waals surface area contributed by atoms with Gasteiger partial charge < -0.3 is 10.6 Å². The first-order chi connectivity index (χ1) is 12.3. The van der Waals surface area contributed by atoms with E-state index in [4.69, 9.17) is 23.2 Å². The molecule has 0 spiro atoms. The monoisotopic (exact) mass is 387 g/mol. The molecule has 26 heavy (non-hydrogen) atoms. The van der Waals surface area contributed by atoms with Gasteiger partial charge >= 0.3 is 0 Å². The second-order valence-electron chi connectivity index (χ2n) is 6.09.